The number of thiocarbonyl (C=S) groups is 1. The van der Waals surface area contributed by atoms with Crippen molar-refractivity contribution >= 4 is 23.0 Å². The molecule has 0 aliphatic carbocycles. The van der Waals surface area contributed by atoms with Crippen LogP contribution in [-0.4, -0.2) is 38.2 Å². The lowest BCUT2D eigenvalue weighted by atomic mass is 10.4. The van der Waals surface area contributed by atoms with Gasteiger partial charge >= 0.3 is 5.69 Å². The third kappa shape index (κ3) is 4.26. The summed E-state index contributed by atoms with van der Waals surface area (Å²) in [6, 6.07) is 0. The molecular formula is C11H17N5O3S. The molecule has 0 amide bonds. The van der Waals surface area contributed by atoms with Crippen LogP contribution >= 0.6 is 12.2 Å². The van der Waals surface area contributed by atoms with Gasteiger partial charge in [0.1, 0.15) is 0 Å². The van der Waals surface area contributed by atoms with Crippen LogP contribution in [0.2, 0.25) is 0 Å². The molecule has 0 aliphatic rings. The second-order valence-electron chi connectivity index (χ2n) is 4.08. The Bertz CT molecular complexity index is 601. The quantitative estimate of drug-likeness (QED) is 0.559. The highest BCUT2D eigenvalue weighted by molar-refractivity contribution is 7.80. The van der Waals surface area contributed by atoms with E-state index in [0.717, 1.165) is 25.9 Å². The fraction of sp³-hybridized carbons (Fsp3) is 0.545. The molecule has 110 valence electrons. The zero-order valence-electron chi connectivity index (χ0n) is 11.3. The summed E-state index contributed by atoms with van der Waals surface area (Å²) < 4.78 is 0. The molecule has 0 aromatic carbocycles. The van der Waals surface area contributed by atoms with Crippen molar-refractivity contribution in [1.29, 1.82) is 0 Å². The molecule has 9 heteroatoms. The Balaban J connectivity index is 2.94. The summed E-state index contributed by atoms with van der Waals surface area (Å²) in [7, 11) is 0. The number of aromatic amines is 2. The van der Waals surface area contributed by atoms with Crippen molar-refractivity contribution in [1.82, 2.24) is 14.9 Å². The highest BCUT2D eigenvalue weighted by Crippen LogP contribution is 2.16. The molecule has 0 saturated carbocycles. The molecule has 0 atom stereocenters. The summed E-state index contributed by atoms with van der Waals surface area (Å²) in [6.45, 7) is 5.50. The fourth-order valence-electron chi connectivity index (χ4n) is 1.56. The van der Waals surface area contributed by atoms with E-state index in [1.54, 1.807) is 0 Å². The van der Waals surface area contributed by atoms with Gasteiger partial charge in [-0.3, -0.25) is 14.8 Å². The van der Waals surface area contributed by atoms with Crippen LogP contribution in [0.4, 0.5) is 5.69 Å². The summed E-state index contributed by atoms with van der Waals surface area (Å²) in [4.78, 5) is 28.2. The lowest BCUT2D eigenvalue weighted by Gasteiger charge is -2.20. The number of hydrogen-bond acceptors (Lipinski definition) is 5. The number of nitrogens with zero attached hydrogens (tertiary/aromatic N) is 3. The summed E-state index contributed by atoms with van der Waals surface area (Å²) in [5.41, 5.74) is -2.01. The largest absolute Gasteiger partial charge is 0.493 e. The van der Waals surface area contributed by atoms with Crippen LogP contribution in [0.3, 0.4) is 0 Å². The van der Waals surface area contributed by atoms with Crippen LogP contribution in [0.25, 0.3) is 0 Å². The summed E-state index contributed by atoms with van der Waals surface area (Å²) in [5, 5.41) is 17.1. The van der Waals surface area contributed by atoms with Crippen LogP contribution < -0.4 is 11.2 Å². The second kappa shape index (κ2) is 7.53. The van der Waals surface area contributed by atoms with E-state index in [0.29, 0.717) is 0 Å². The molecule has 3 N–H and O–H groups in total. The van der Waals surface area contributed by atoms with E-state index in [1.807, 2.05) is 28.7 Å². The van der Waals surface area contributed by atoms with Gasteiger partial charge in [0, 0.05) is 13.1 Å². The van der Waals surface area contributed by atoms with Crippen molar-refractivity contribution in [3.63, 3.8) is 0 Å². The van der Waals surface area contributed by atoms with E-state index in [1.165, 1.54) is 0 Å². The van der Waals surface area contributed by atoms with Crippen LogP contribution in [0, 0.1) is 0 Å². The van der Waals surface area contributed by atoms with Crippen molar-refractivity contribution in [2.45, 2.75) is 26.7 Å². The first kappa shape index (κ1) is 16.0. The lowest BCUT2D eigenvalue weighted by Crippen LogP contribution is -2.29. The van der Waals surface area contributed by atoms with Gasteiger partial charge in [0.2, 0.25) is 16.7 Å². The molecule has 0 fully saturated rings. The van der Waals surface area contributed by atoms with Crippen LogP contribution in [-0.2, 0) is 0 Å². The summed E-state index contributed by atoms with van der Waals surface area (Å²) in [6.07, 6.45) is 1.81. The molecule has 20 heavy (non-hydrogen) atoms. The minimum absolute atomic E-state index is 0.235. The first-order valence-electron chi connectivity index (χ1n) is 6.25. The first-order valence-corrected chi connectivity index (χ1v) is 6.66. The maximum absolute atomic E-state index is 11.4. The topological polar surface area (TPSA) is 114 Å². The molecule has 1 aromatic rings. The van der Waals surface area contributed by atoms with E-state index < -0.39 is 17.1 Å². The minimum Gasteiger partial charge on any atom is -0.493 e. The average molecular weight is 299 g/mol. The Kier molecular flexibility index (Phi) is 6.04. The molecule has 1 aromatic heterocycles. The molecule has 0 aliphatic heterocycles. The highest BCUT2D eigenvalue weighted by Gasteiger charge is 2.10. The van der Waals surface area contributed by atoms with E-state index in [-0.39, 0.29) is 10.8 Å². The van der Waals surface area contributed by atoms with Gasteiger partial charge in [0.05, 0.1) is 0 Å². The van der Waals surface area contributed by atoms with Crippen LogP contribution in [0.5, 0.6) is 5.88 Å². The third-order valence-electron chi connectivity index (χ3n) is 2.39. The monoisotopic (exact) mass is 299 g/mol. The van der Waals surface area contributed by atoms with E-state index >= 15 is 0 Å². The van der Waals surface area contributed by atoms with Gasteiger partial charge < -0.3 is 10.0 Å². The Morgan fingerprint density at radius 1 is 1.25 bits per heavy atom. The van der Waals surface area contributed by atoms with Crippen molar-refractivity contribution in [2.75, 3.05) is 13.1 Å². The minimum atomic E-state index is -0.824. The predicted octanol–water partition coefficient (Wildman–Crippen LogP) is 1.26. The van der Waals surface area contributed by atoms with Crippen LogP contribution in [0.1, 0.15) is 26.7 Å². The number of nitrogens with one attached hydrogen (secondary N) is 2. The maximum atomic E-state index is 11.4. The van der Waals surface area contributed by atoms with Crippen molar-refractivity contribution in [2.24, 2.45) is 10.2 Å². The number of aromatic nitrogens is 2. The van der Waals surface area contributed by atoms with Gasteiger partial charge in [-0.1, -0.05) is 13.8 Å². The van der Waals surface area contributed by atoms with Crippen molar-refractivity contribution in [3.8, 4) is 5.88 Å². The first-order chi connectivity index (χ1) is 9.49. The molecule has 0 unspecified atom stereocenters. The van der Waals surface area contributed by atoms with Gasteiger partial charge in [-0.15, -0.1) is 10.2 Å². The van der Waals surface area contributed by atoms with Crippen molar-refractivity contribution < 1.29 is 5.11 Å². The third-order valence-corrected chi connectivity index (χ3v) is 2.73. The number of azo groups is 1. The van der Waals surface area contributed by atoms with Crippen molar-refractivity contribution in [3.05, 3.63) is 20.8 Å². The molecule has 1 rings (SSSR count). The average Bonchev–Trinajstić information content (AvgIpc) is 2.37. The molecule has 0 bridgehead atoms. The number of rotatable bonds is 5. The normalized spacial score (nSPS) is 10.9. The molecule has 8 nitrogen and oxygen atoms in total. The smallest absolute Gasteiger partial charge is 0.328 e. The Labute approximate surface area is 120 Å². The van der Waals surface area contributed by atoms with E-state index in [4.69, 9.17) is 12.2 Å². The Hall–Kier alpha value is -2.03. The number of H-pyrrole nitrogens is 2. The number of aromatic hydroxyl groups is 1. The second-order valence-corrected chi connectivity index (χ2v) is 4.44. The molecular weight excluding hydrogens is 282 g/mol. The Morgan fingerprint density at radius 2 is 1.85 bits per heavy atom. The van der Waals surface area contributed by atoms with E-state index in [2.05, 4.69) is 10.2 Å². The predicted molar refractivity (Wildman–Crippen MR) is 78.6 cm³/mol. The highest BCUT2D eigenvalue weighted by atomic mass is 32.1. The molecule has 1 heterocycles. The SMILES string of the molecule is CCCN(CCC)C(=S)N=Nc1c(O)[nH]c(=O)[nH]c1=O. The van der Waals surface area contributed by atoms with Gasteiger partial charge in [-0.05, 0) is 25.1 Å². The van der Waals surface area contributed by atoms with Gasteiger partial charge in [-0.25, -0.2) is 4.79 Å². The van der Waals surface area contributed by atoms with Crippen LogP contribution in [0.15, 0.2) is 19.8 Å². The van der Waals surface area contributed by atoms with E-state index in [9.17, 15) is 14.7 Å². The number of hydrogen-bond donors (Lipinski definition) is 3. The Morgan fingerprint density at radius 3 is 2.35 bits per heavy atom. The van der Waals surface area contributed by atoms with Gasteiger partial charge in [0.15, 0.2) is 0 Å². The molecule has 0 spiro atoms. The fourth-order valence-corrected chi connectivity index (χ4v) is 1.78. The maximum Gasteiger partial charge on any atom is 0.328 e. The summed E-state index contributed by atoms with van der Waals surface area (Å²) in [5.74, 6) is -0.636. The molecule has 0 saturated heterocycles. The zero-order valence-corrected chi connectivity index (χ0v) is 12.2. The zero-order chi connectivity index (χ0) is 15.1. The standard InChI is InChI=1S/C11H17N5O3S/c1-3-5-16(6-4-2)11(20)15-14-7-8(17)12-10(19)13-9(7)18/h3-6H2,1-2H3,(H3,12,13,17,18,19). The lowest BCUT2D eigenvalue weighted by molar-refractivity contribution is 0.418. The summed E-state index contributed by atoms with van der Waals surface area (Å²) >= 11 is 5.12. The van der Waals surface area contributed by atoms with Gasteiger partial charge in [0.25, 0.3) is 5.56 Å². The molecule has 0 radical (unpaired) electrons. The van der Waals surface area contributed by atoms with Gasteiger partial charge in [-0.2, -0.15) is 0 Å².